The summed E-state index contributed by atoms with van der Waals surface area (Å²) in [5, 5.41) is 8.16. The molecule has 0 aliphatic rings. The molecular formula is C15H29N3. The molecule has 0 saturated heterocycles. The van der Waals surface area contributed by atoms with Crippen LogP contribution in [0, 0.1) is 11.3 Å². The molecule has 1 unspecified atom stereocenters. The average Bonchev–Trinajstić information content (AvgIpc) is 2.74. The van der Waals surface area contributed by atoms with Gasteiger partial charge in [0.05, 0.1) is 5.69 Å². The Bertz CT molecular complexity index is 354. The molecule has 0 aromatic carbocycles. The third kappa shape index (κ3) is 3.84. The summed E-state index contributed by atoms with van der Waals surface area (Å²) >= 11 is 0. The maximum absolute atomic E-state index is 4.67. The van der Waals surface area contributed by atoms with E-state index in [1.54, 1.807) is 0 Å². The van der Waals surface area contributed by atoms with Gasteiger partial charge in [0.1, 0.15) is 0 Å². The first-order valence-electron chi connectivity index (χ1n) is 7.13. The normalized spacial score (nSPS) is 15.3. The molecule has 1 atom stereocenters. The Balaban J connectivity index is 2.76. The Kier molecular flexibility index (Phi) is 5.39. The number of rotatable bonds is 7. The molecular weight excluding hydrogens is 222 g/mol. The molecule has 1 aromatic rings. The molecule has 3 nitrogen and oxygen atoms in total. The average molecular weight is 251 g/mol. The highest BCUT2D eigenvalue weighted by molar-refractivity contribution is 5.04. The van der Waals surface area contributed by atoms with Gasteiger partial charge >= 0.3 is 0 Å². The van der Waals surface area contributed by atoms with Crippen LogP contribution >= 0.6 is 0 Å². The van der Waals surface area contributed by atoms with Crippen molar-refractivity contribution in [2.24, 2.45) is 11.3 Å². The first-order chi connectivity index (χ1) is 8.39. The summed E-state index contributed by atoms with van der Waals surface area (Å²) in [7, 11) is 0. The zero-order valence-corrected chi connectivity index (χ0v) is 12.8. The molecule has 1 N–H and O–H groups in total. The van der Waals surface area contributed by atoms with Crippen LogP contribution in [0.15, 0.2) is 12.3 Å². The Hall–Kier alpha value is -0.830. The van der Waals surface area contributed by atoms with Crippen molar-refractivity contribution in [1.82, 2.24) is 15.1 Å². The minimum absolute atomic E-state index is 0.270. The van der Waals surface area contributed by atoms with Gasteiger partial charge in [-0.2, -0.15) is 5.10 Å². The van der Waals surface area contributed by atoms with E-state index in [2.05, 4.69) is 64.2 Å². The first kappa shape index (κ1) is 15.2. The van der Waals surface area contributed by atoms with Crippen LogP contribution in [0.5, 0.6) is 0 Å². The molecule has 0 aliphatic heterocycles. The van der Waals surface area contributed by atoms with E-state index in [-0.39, 0.29) is 5.41 Å². The topological polar surface area (TPSA) is 29.9 Å². The van der Waals surface area contributed by atoms with Crippen molar-refractivity contribution < 1.29 is 0 Å². The van der Waals surface area contributed by atoms with Crippen LogP contribution in [-0.4, -0.2) is 22.9 Å². The van der Waals surface area contributed by atoms with E-state index in [0.717, 1.165) is 19.5 Å². The number of hydrogen-bond acceptors (Lipinski definition) is 2. The van der Waals surface area contributed by atoms with Crippen LogP contribution in [0.4, 0.5) is 0 Å². The molecule has 1 aromatic heterocycles. The van der Waals surface area contributed by atoms with Crippen LogP contribution in [0.1, 0.15) is 53.3 Å². The first-order valence-corrected chi connectivity index (χ1v) is 7.13. The summed E-state index contributed by atoms with van der Waals surface area (Å²) < 4.78 is 2.04. The van der Waals surface area contributed by atoms with Gasteiger partial charge in [-0.25, -0.2) is 0 Å². The molecule has 0 bridgehead atoms. The zero-order chi connectivity index (χ0) is 13.8. The molecule has 0 spiro atoms. The van der Waals surface area contributed by atoms with Crippen LogP contribution in [-0.2, 0) is 6.42 Å². The number of nitrogens with zero attached hydrogens (tertiary/aromatic N) is 2. The summed E-state index contributed by atoms with van der Waals surface area (Å²) in [6.07, 6.45) is 3.13. The van der Waals surface area contributed by atoms with Gasteiger partial charge in [0, 0.05) is 18.8 Å². The van der Waals surface area contributed by atoms with Crippen molar-refractivity contribution in [1.29, 1.82) is 0 Å². The smallest absolute Gasteiger partial charge is 0.0630 e. The third-order valence-electron chi connectivity index (χ3n) is 3.95. The number of aromatic nitrogens is 2. The van der Waals surface area contributed by atoms with Crippen molar-refractivity contribution >= 4 is 0 Å². The molecule has 0 radical (unpaired) electrons. The Morgan fingerprint density at radius 3 is 2.44 bits per heavy atom. The summed E-state index contributed by atoms with van der Waals surface area (Å²) in [6.45, 7) is 15.5. The van der Waals surface area contributed by atoms with Crippen LogP contribution < -0.4 is 5.32 Å². The fourth-order valence-electron chi connectivity index (χ4n) is 2.05. The van der Waals surface area contributed by atoms with Gasteiger partial charge < -0.3 is 5.32 Å². The Morgan fingerprint density at radius 1 is 1.33 bits per heavy atom. The summed E-state index contributed by atoms with van der Waals surface area (Å²) in [6, 6.07) is 2.60. The minimum Gasteiger partial charge on any atom is -0.316 e. The van der Waals surface area contributed by atoms with Gasteiger partial charge in [0.2, 0.25) is 0 Å². The highest BCUT2D eigenvalue weighted by Crippen LogP contribution is 2.30. The Labute approximate surface area is 112 Å². The van der Waals surface area contributed by atoms with Crippen LogP contribution in [0.3, 0.4) is 0 Å². The number of nitrogens with one attached hydrogen (secondary N) is 1. The van der Waals surface area contributed by atoms with E-state index >= 15 is 0 Å². The second-order valence-electron chi connectivity index (χ2n) is 6.15. The lowest BCUT2D eigenvalue weighted by Gasteiger charge is -2.33. The molecule has 0 amide bonds. The summed E-state index contributed by atoms with van der Waals surface area (Å²) in [5.74, 6) is 0.640. The van der Waals surface area contributed by atoms with Gasteiger partial charge in [-0.3, -0.25) is 4.68 Å². The number of hydrogen-bond donors (Lipinski definition) is 1. The van der Waals surface area contributed by atoms with Crippen molar-refractivity contribution in [3.8, 4) is 0 Å². The maximum atomic E-state index is 4.67. The molecule has 0 aliphatic carbocycles. The quantitative estimate of drug-likeness (QED) is 0.806. The van der Waals surface area contributed by atoms with E-state index in [1.807, 2.05) is 4.68 Å². The van der Waals surface area contributed by atoms with Crippen LogP contribution in [0.25, 0.3) is 0 Å². The van der Waals surface area contributed by atoms with Crippen molar-refractivity contribution in [3.63, 3.8) is 0 Å². The SMILES string of the molecule is CCNCC(C)(Cc1ccn(C(C)C)n1)C(C)C. The minimum atomic E-state index is 0.270. The van der Waals surface area contributed by atoms with E-state index in [9.17, 15) is 0 Å². The van der Waals surface area contributed by atoms with Gasteiger partial charge in [-0.15, -0.1) is 0 Å². The molecule has 1 rings (SSSR count). The molecule has 0 saturated carbocycles. The largest absolute Gasteiger partial charge is 0.316 e. The maximum Gasteiger partial charge on any atom is 0.0630 e. The monoisotopic (exact) mass is 251 g/mol. The highest BCUT2D eigenvalue weighted by atomic mass is 15.3. The van der Waals surface area contributed by atoms with Gasteiger partial charge in [-0.05, 0) is 44.2 Å². The zero-order valence-electron chi connectivity index (χ0n) is 12.8. The lowest BCUT2D eigenvalue weighted by atomic mass is 9.75. The summed E-state index contributed by atoms with van der Waals surface area (Å²) in [4.78, 5) is 0. The second kappa shape index (κ2) is 6.37. The van der Waals surface area contributed by atoms with E-state index < -0.39 is 0 Å². The predicted octanol–water partition coefficient (Wildman–Crippen LogP) is 3.28. The molecule has 18 heavy (non-hydrogen) atoms. The molecule has 104 valence electrons. The fourth-order valence-corrected chi connectivity index (χ4v) is 2.05. The van der Waals surface area contributed by atoms with E-state index in [1.165, 1.54) is 5.69 Å². The van der Waals surface area contributed by atoms with Crippen molar-refractivity contribution in [3.05, 3.63) is 18.0 Å². The molecule has 0 fully saturated rings. The third-order valence-corrected chi connectivity index (χ3v) is 3.95. The van der Waals surface area contributed by atoms with Gasteiger partial charge in [0.15, 0.2) is 0 Å². The standard InChI is InChI=1S/C15H29N3/c1-7-16-11-15(6,12(2)3)10-14-8-9-18(17-14)13(4)5/h8-9,12-13,16H,7,10-11H2,1-6H3. The van der Waals surface area contributed by atoms with E-state index in [4.69, 9.17) is 0 Å². The molecule has 3 heteroatoms. The van der Waals surface area contributed by atoms with Gasteiger partial charge in [-0.1, -0.05) is 27.7 Å². The van der Waals surface area contributed by atoms with E-state index in [0.29, 0.717) is 12.0 Å². The fraction of sp³-hybridized carbons (Fsp3) is 0.800. The summed E-state index contributed by atoms with van der Waals surface area (Å²) in [5.41, 5.74) is 1.48. The lowest BCUT2D eigenvalue weighted by molar-refractivity contribution is 0.206. The predicted molar refractivity (Wildman–Crippen MR) is 77.8 cm³/mol. The second-order valence-corrected chi connectivity index (χ2v) is 6.15. The van der Waals surface area contributed by atoms with Crippen molar-refractivity contribution in [2.45, 2.75) is 54.0 Å². The van der Waals surface area contributed by atoms with Gasteiger partial charge in [0.25, 0.3) is 0 Å². The van der Waals surface area contributed by atoms with Crippen LogP contribution in [0.2, 0.25) is 0 Å². The highest BCUT2D eigenvalue weighted by Gasteiger charge is 2.29. The lowest BCUT2D eigenvalue weighted by Crippen LogP contribution is -2.38. The Morgan fingerprint density at radius 2 is 2.00 bits per heavy atom. The molecule has 1 heterocycles. The van der Waals surface area contributed by atoms with Crippen molar-refractivity contribution in [2.75, 3.05) is 13.1 Å².